The van der Waals surface area contributed by atoms with Gasteiger partial charge in [0.2, 0.25) is 0 Å². The molecular formula is C18H11F4N3O3S. The van der Waals surface area contributed by atoms with E-state index in [4.69, 9.17) is 0 Å². The maximum Gasteiger partial charge on any atom is 0.283 e. The number of benzene rings is 2. The van der Waals surface area contributed by atoms with Gasteiger partial charge in [0.05, 0.1) is 31.7 Å². The van der Waals surface area contributed by atoms with Gasteiger partial charge in [0, 0.05) is 6.07 Å². The molecule has 3 aromatic rings. The highest BCUT2D eigenvalue weighted by Gasteiger charge is 2.27. The number of nitrogens with zero attached hydrogens (tertiary/aromatic N) is 3. The molecule has 3 rings (SSSR count). The maximum atomic E-state index is 14.0. The number of para-hydroxylation sites is 1. The molecule has 2 aromatic carbocycles. The third-order valence-electron chi connectivity index (χ3n) is 4.02. The van der Waals surface area contributed by atoms with Crippen molar-refractivity contribution in [3.05, 3.63) is 80.7 Å². The fraction of sp³-hybridized carbons (Fsp3) is 0.111. The first-order valence-corrected chi connectivity index (χ1v) is 8.80. The summed E-state index contributed by atoms with van der Waals surface area (Å²) in [6.07, 6.45) is 0. The Morgan fingerprint density at radius 1 is 1.10 bits per heavy atom. The second-order valence-corrected chi connectivity index (χ2v) is 6.94. The van der Waals surface area contributed by atoms with E-state index in [2.05, 4.69) is 5.10 Å². The fourth-order valence-electron chi connectivity index (χ4n) is 2.62. The highest BCUT2D eigenvalue weighted by Crippen LogP contribution is 2.38. The van der Waals surface area contributed by atoms with Gasteiger partial charge in [-0.15, -0.1) is 0 Å². The van der Waals surface area contributed by atoms with Gasteiger partial charge < -0.3 is 0 Å². The van der Waals surface area contributed by atoms with E-state index in [0.717, 1.165) is 11.8 Å². The monoisotopic (exact) mass is 425 g/mol. The lowest BCUT2D eigenvalue weighted by Crippen LogP contribution is -2.18. The molecule has 0 saturated carbocycles. The molecule has 0 spiro atoms. The zero-order chi connectivity index (χ0) is 21.5. The third kappa shape index (κ3) is 3.60. The number of aromatic nitrogens is 2. The predicted molar refractivity (Wildman–Crippen MR) is 94.9 cm³/mol. The first kappa shape index (κ1) is 20.5. The van der Waals surface area contributed by atoms with E-state index in [0.29, 0.717) is 9.58 Å². The van der Waals surface area contributed by atoms with Gasteiger partial charge in [-0.1, -0.05) is 23.9 Å². The van der Waals surface area contributed by atoms with Crippen LogP contribution in [0.5, 0.6) is 0 Å². The minimum atomic E-state index is -2.11. The third-order valence-corrected chi connectivity index (χ3v) is 5.38. The molecule has 0 saturated heterocycles. The van der Waals surface area contributed by atoms with E-state index < -0.39 is 39.7 Å². The fourth-order valence-corrected chi connectivity index (χ4v) is 3.66. The van der Waals surface area contributed by atoms with Crippen molar-refractivity contribution in [2.75, 3.05) is 0 Å². The molecule has 6 nitrogen and oxygen atoms in total. The topological polar surface area (TPSA) is 78.0 Å². The summed E-state index contributed by atoms with van der Waals surface area (Å²) in [5.74, 6) is -8.91. The van der Waals surface area contributed by atoms with Crippen LogP contribution in [0.1, 0.15) is 21.7 Å². The number of hydrogen-bond acceptors (Lipinski definition) is 5. The maximum absolute atomic E-state index is 14.0. The van der Waals surface area contributed by atoms with Crippen LogP contribution in [-0.4, -0.2) is 20.6 Å². The standard InChI is InChI=1S/C18H11F4N3O3S/c1-8-17(29-13-6-4-3-5-12(13)25(27)28)9(2)24(23-8)18(26)10-7-11(19)15(21)16(22)14(10)20/h3-7H,1-2H3. The molecule has 0 unspecified atom stereocenters. The number of aryl methyl sites for hydroxylation is 1. The Hall–Kier alpha value is -3.21. The highest BCUT2D eigenvalue weighted by molar-refractivity contribution is 7.99. The van der Waals surface area contributed by atoms with Crippen LogP contribution in [-0.2, 0) is 0 Å². The van der Waals surface area contributed by atoms with Crippen LogP contribution in [0, 0.1) is 47.2 Å². The molecule has 0 aliphatic carbocycles. The molecule has 11 heteroatoms. The molecule has 0 atom stereocenters. The van der Waals surface area contributed by atoms with Gasteiger partial charge in [-0.3, -0.25) is 14.9 Å². The predicted octanol–water partition coefficient (Wildman–Crippen LogP) is 4.80. The van der Waals surface area contributed by atoms with Crippen molar-refractivity contribution in [1.29, 1.82) is 0 Å². The molecule has 1 heterocycles. The van der Waals surface area contributed by atoms with Crippen molar-refractivity contribution in [1.82, 2.24) is 9.78 Å². The summed E-state index contributed by atoms with van der Waals surface area (Å²) >= 11 is 0.963. The number of rotatable bonds is 4. The highest BCUT2D eigenvalue weighted by atomic mass is 32.2. The molecule has 29 heavy (non-hydrogen) atoms. The summed E-state index contributed by atoms with van der Waals surface area (Å²) in [5.41, 5.74) is -0.749. The van der Waals surface area contributed by atoms with E-state index in [1.165, 1.54) is 32.0 Å². The van der Waals surface area contributed by atoms with E-state index in [1.54, 1.807) is 6.07 Å². The van der Waals surface area contributed by atoms with Crippen molar-refractivity contribution in [3.63, 3.8) is 0 Å². The Labute approximate surface area is 165 Å². The van der Waals surface area contributed by atoms with Gasteiger partial charge in [0.1, 0.15) is 0 Å². The van der Waals surface area contributed by atoms with E-state index in [1.807, 2.05) is 0 Å². The van der Waals surface area contributed by atoms with E-state index in [9.17, 15) is 32.5 Å². The number of carbonyl (C=O) groups is 1. The molecule has 0 amide bonds. The molecule has 0 aliphatic heterocycles. The lowest BCUT2D eigenvalue weighted by atomic mass is 10.1. The average molecular weight is 425 g/mol. The first-order valence-electron chi connectivity index (χ1n) is 7.98. The van der Waals surface area contributed by atoms with Crippen LogP contribution < -0.4 is 0 Å². The van der Waals surface area contributed by atoms with Crippen molar-refractivity contribution in [3.8, 4) is 0 Å². The zero-order valence-corrected chi connectivity index (χ0v) is 15.7. The van der Waals surface area contributed by atoms with Gasteiger partial charge in [-0.25, -0.2) is 17.6 Å². The lowest BCUT2D eigenvalue weighted by molar-refractivity contribution is -0.387. The quantitative estimate of drug-likeness (QED) is 0.197. The Balaban J connectivity index is 2.05. The van der Waals surface area contributed by atoms with Crippen molar-refractivity contribution in [2.24, 2.45) is 0 Å². The smallest absolute Gasteiger partial charge is 0.267 e. The van der Waals surface area contributed by atoms with Crippen LogP contribution in [0.3, 0.4) is 0 Å². The van der Waals surface area contributed by atoms with Gasteiger partial charge >= 0.3 is 0 Å². The number of nitro benzene ring substituents is 1. The number of halogens is 4. The Morgan fingerprint density at radius 2 is 1.76 bits per heavy atom. The second kappa shape index (κ2) is 7.66. The Bertz CT molecular complexity index is 1160. The van der Waals surface area contributed by atoms with Crippen LogP contribution in [0.4, 0.5) is 23.2 Å². The number of carbonyl (C=O) groups excluding carboxylic acids is 1. The van der Waals surface area contributed by atoms with Crippen LogP contribution in [0.15, 0.2) is 40.1 Å². The number of nitro groups is 1. The first-order chi connectivity index (χ1) is 13.6. The zero-order valence-electron chi connectivity index (χ0n) is 14.9. The molecule has 1 aromatic heterocycles. The molecule has 0 aliphatic rings. The lowest BCUT2D eigenvalue weighted by Gasteiger charge is -2.07. The summed E-state index contributed by atoms with van der Waals surface area (Å²) in [5, 5.41) is 15.1. The van der Waals surface area contributed by atoms with E-state index in [-0.39, 0.29) is 28.0 Å². The Morgan fingerprint density at radius 3 is 2.41 bits per heavy atom. The van der Waals surface area contributed by atoms with Crippen LogP contribution in [0.2, 0.25) is 0 Å². The normalized spacial score (nSPS) is 11.0. The summed E-state index contributed by atoms with van der Waals surface area (Å²) in [6, 6.07) is 6.15. The van der Waals surface area contributed by atoms with Gasteiger partial charge in [-0.2, -0.15) is 9.78 Å². The van der Waals surface area contributed by atoms with Crippen molar-refractivity contribution < 1.29 is 27.3 Å². The molecule has 150 valence electrons. The molecule has 0 fully saturated rings. The minimum absolute atomic E-state index is 0.163. The van der Waals surface area contributed by atoms with Crippen molar-refractivity contribution >= 4 is 23.4 Å². The molecule has 0 N–H and O–H groups in total. The summed E-state index contributed by atoms with van der Waals surface area (Å²) in [4.78, 5) is 23.8. The summed E-state index contributed by atoms with van der Waals surface area (Å²) in [6.45, 7) is 2.94. The molecular weight excluding hydrogens is 414 g/mol. The summed E-state index contributed by atoms with van der Waals surface area (Å²) in [7, 11) is 0. The van der Waals surface area contributed by atoms with Crippen molar-refractivity contribution in [2.45, 2.75) is 23.6 Å². The largest absolute Gasteiger partial charge is 0.283 e. The van der Waals surface area contributed by atoms with Gasteiger partial charge in [-0.05, 0) is 26.0 Å². The SMILES string of the molecule is Cc1nn(C(=O)c2cc(F)c(F)c(F)c2F)c(C)c1Sc1ccccc1[N+](=O)[O-]. The minimum Gasteiger partial charge on any atom is -0.267 e. The second-order valence-electron chi connectivity index (χ2n) is 5.89. The van der Waals surface area contributed by atoms with Gasteiger partial charge in [0.25, 0.3) is 11.6 Å². The summed E-state index contributed by atoms with van der Waals surface area (Å²) < 4.78 is 54.8. The van der Waals surface area contributed by atoms with Crippen LogP contribution >= 0.6 is 11.8 Å². The molecule has 0 radical (unpaired) electrons. The Kier molecular flexibility index (Phi) is 5.42. The average Bonchev–Trinajstić information content (AvgIpc) is 2.97. The number of hydrogen-bond donors (Lipinski definition) is 0. The van der Waals surface area contributed by atoms with Crippen LogP contribution in [0.25, 0.3) is 0 Å². The van der Waals surface area contributed by atoms with Gasteiger partial charge in [0.15, 0.2) is 23.3 Å². The van der Waals surface area contributed by atoms with E-state index >= 15 is 0 Å². The molecule has 0 bridgehead atoms.